The Morgan fingerprint density at radius 2 is 2.39 bits per heavy atom. The van der Waals surface area contributed by atoms with E-state index in [-0.39, 0.29) is 0 Å². The van der Waals surface area contributed by atoms with Gasteiger partial charge in [-0.25, -0.2) is 4.79 Å². The van der Waals surface area contributed by atoms with Crippen LogP contribution in [0.1, 0.15) is 12.5 Å². The van der Waals surface area contributed by atoms with Gasteiger partial charge in [-0.3, -0.25) is 0 Å². The van der Waals surface area contributed by atoms with Crippen LogP contribution in [0.25, 0.3) is 6.08 Å². The highest BCUT2D eigenvalue weighted by atomic mass is 16.5. The average Bonchev–Trinajstić information content (AvgIpc) is 2.36. The zero-order valence-corrected chi connectivity index (χ0v) is 10.1. The van der Waals surface area contributed by atoms with Crippen LogP contribution in [0.4, 0.5) is 0 Å². The standard InChI is InChI=1S/C14H14O4/c1-2-17-12-4-5-13-11(8-12)7-10(9-18-13)3-6-14(15)16/h3-8H,2,9H2,1H3,(H,15,16)/b6-3+. The molecule has 94 valence electrons. The summed E-state index contributed by atoms with van der Waals surface area (Å²) in [5, 5.41) is 8.58. The van der Waals surface area contributed by atoms with Crippen LogP contribution in [0, 0.1) is 0 Å². The van der Waals surface area contributed by atoms with Gasteiger partial charge in [-0.1, -0.05) is 0 Å². The lowest BCUT2D eigenvalue weighted by Crippen LogP contribution is -2.06. The van der Waals surface area contributed by atoms with Gasteiger partial charge in [0.15, 0.2) is 0 Å². The van der Waals surface area contributed by atoms with Crippen molar-refractivity contribution < 1.29 is 19.4 Å². The Labute approximate surface area is 105 Å². The Hall–Kier alpha value is -2.23. The van der Waals surface area contributed by atoms with Crippen molar-refractivity contribution in [1.29, 1.82) is 0 Å². The summed E-state index contributed by atoms with van der Waals surface area (Å²) in [5.74, 6) is 0.593. The highest BCUT2D eigenvalue weighted by Gasteiger charge is 2.10. The molecule has 1 N–H and O–H groups in total. The number of fused-ring (bicyclic) bond motifs is 1. The van der Waals surface area contributed by atoms with Crippen LogP contribution in [-0.4, -0.2) is 24.3 Å². The number of carboxylic acids is 1. The Morgan fingerprint density at radius 3 is 3.11 bits per heavy atom. The lowest BCUT2D eigenvalue weighted by Gasteiger charge is -2.17. The molecule has 4 nitrogen and oxygen atoms in total. The number of benzene rings is 1. The zero-order chi connectivity index (χ0) is 13.0. The lowest BCUT2D eigenvalue weighted by atomic mass is 10.1. The summed E-state index contributed by atoms with van der Waals surface area (Å²) in [4.78, 5) is 10.5. The van der Waals surface area contributed by atoms with Crippen LogP contribution in [0.5, 0.6) is 11.5 Å². The largest absolute Gasteiger partial charge is 0.494 e. The number of aliphatic carboxylic acids is 1. The first kappa shape index (κ1) is 12.2. The predicted octanol–water partition coefficient (Wildman–Crippen LogP) is 2.50. The van der Waals surface area contributed by atoms with Crippen LogP contribution in [0.3, 0.4) is 0 Å². The number of carbonyl (C=O) groups is 1. The van der Waals surface area contributed by atoms with Gasteiger partial charge in [-0.05, 0) is 42.8 Å². The predicted molar refractivity (Wildman–Crippen MR) is 67.9 cm³/mol. The van der Waals surface area contributed by atoms with Crippen molar-refractivity contribution in [1.82, 2.24) is 0 Å². The minimum Gasteiger partial charge on any atom is -0.494 e. The summed E-state index contributed by atoms with van der Waals surface area (Å²) < 4.78 is 10.9. The van der Waals surface area contributed by atoms with E-state index in [4.69, 9.17) is 14.6 Å². The van der Waals surface area contributed by atoms with Crippen LogP contribution in [-0.2, 0) is 4.79 Å². The van der Waals surface area contributed by atoms with Crippen molar-refractivity contribution in [3.05, 3.63) is 41.5 Å². The van der Waals surface area contributed by atoms with Crippen molar-refractivity contribution in [3.63, 3.8) is 0 Å². The van der Waals surface area contributed by atoms with E-state index in [9.17, 15) is 4.79 Å². The molecule has 4 heteroatoms. The molecule has 0 aliphatic carbocycles. The maximum Gasteiger partial charge on any atom is 0.328 e. The van der Waals surface area contributed by atoms with Crippen LogP contribution >= 0.6 is 0 Å². The molecule has 0 amide bonds. The van der Waals surface area contributed by atoms with E-state index in [1.165, 1.54) is 0 Å². The molecule has 1 aliphatic rings. The number of hydrogen-bond donors (Lipinski definition) is 1. The molecule has 0 spiro atoms. The minimum absolute atomic E-state index is 0.380. The second-order valence-electron chi connectivity index (χ2n) is 3.81. The van der Waals surface area contributed by atoms with E-state index in [0.29, 0.717) is 13.2 Å². The van der Waals surface area contributed by atoms with Crippen LogP contribution in [0.2, 0.25) is 0 Å². The van der Waals surface area contributed by atoms with Crippen molar-refractivity contribution >= 4 is 12.0 Å². The molecule has 1 aromatic carbocycles. The topological polar surface area (TPSA) is 55.8 Å². The van der Waals surface area contributed by atoms with E-state index in [1.54, 1.807) is 6.08 Å². The first-order valence-electron chi connectivity index (χ1n) is 5.70. The fourth-order valence-corrected chi connectivity index (χ4v) is 1.70. The van der Waals surface area contributed by atoms with Crippen molar-refractivity contribution in [2.24, 2.45) is 0 Å². The monoisotopic (exact) mass is 246 g/mol. The van der Waals surface area contributed by atoms with E-state index in [2.05, 4.69) is 0 Å². The molecule has 0 aromatic heterocycles. The molecule has 0 saturated heterocycles. The molecule has 2 rings (SSSR count). The summed E-state index contributed by atoms with van der Waals surface area (Å²) in [5.41, 5.74) is 1.72. The number of carboxylic acid groups (broad SMARTS) is 1. The number of hydrogen-bond acceptors (Lipinski definition) is 3. The summed E-state index contributed by atoms with van der Waals surface area (Å²) in [7, 11) is 0. The van der Waals surface area contributed by atoms with E-state index >= 15 is 0 Å². The van der Waals surface area contributed by atoms with Gasteiger partial charge in [0.2, 0.25) is 0 Å². The van der Waals surface area contributed by atoms with Crippen molar-refractivity contribution in [2.45, 2.75) is 6.92 Å². The number of ether oxygens (including phenoxy) is 2. The second-order valence-corrected chi connectivity index (χ2v) is 3.81. The second kappa shape index (κ2) is 5.40. The van der Waals surface area contributed by atoms with Gasteiger partial charge in [0.1, 0.15) is 18.1 Å². The summed E-state index contributed by atoms with van der Waals surface area (Å²) in [6, 6.07) is 5.59. The fraction of sp³-hybridized carbons (Fsp3) is 0.214. The quantitative estimate of drug-likeness (QED) is 0.829. The normalized spacial score (nSPS) is 13.7. The molecular weight excluding hydrogens is 232 g/mol. The van der Waals surface area contributed by atoms with Gasteiger partial charge >= 0.3 is 5.97 Å². The Balaban J connectivity index is 2.25. The molecule has 18 heavy (non-hydrogen) atoms. The van der Waals surface area contributed by atoms with Gasteiger partial charge < -0.3 is 14.6 Å². The third kappa shape index (κ3) is 2.91. The third-order valence-electron chi connectivity index (χ3n) is 2.47. The van der Waals surface area contributed by atoms with E-state index in [1.807, 2.05) is 31.2 Å². The molecule has 1 aliphatic heterocycles. The molecular formula is C14H14O4. The van der Waals surface area contributed by atoms with Gasteiger partial charge in [0.05, 0.1) is 6.61 Å². The van der Waals surface area contributed by atoms with Crippen molar-refractivity contribution in [3.8, 4) is 11.5 Å². The molecule has 0 radical (unpaired) electrons. The maximum absolute atomic E-state index is 10.5. The maximum atomic E-state index is 10.5. The van der Waals surface area contributed by atoms with Gasteiger partial charge in [0, 0.05) is 11.6 Å². The average molecular weight is 246 g/mol. The fourth-order valence-electron chi connectivity index (χ4n) is 1.70. The summed E-state index contributed by atoms with van der Waals surface area (Å²) >= 11 is 0. The third-order valence-corrected chi connectivity index (χ3v) is 2.47. The zero-order valence-electron chi connectivity index (χ0n) is 10.1. The first-order chi connectivity index (χ1) is 8.69. The Morgan fingerprint density at radius 1 is 1.56 bits per heavy atom. The van der Waals surface area contributed by atoms with Gasteiger partial charge in [-0.15, -0.1) is 0 Å². The molecule has 0 atom stereocenters. The molecule has 0 unspecified atom stereocenters. The van der Waals surface area contributed by atoms with Crippen molar-refractivity contribution in [2.75, 3.05) is 13.2 Å². The SMILES string of the molecule is CCOc1ccc2c(c1)C=C(/C=C/C(=O)O)CO2. The highest BCUT2D eigenvalue weighted by molar-refractivity contribution is 5.81. The smallest absolute Gasteiger partial charge is 0.328 e. The minimum atomic E-state index is -0.968. The molecule has 0 fully saturated rings. The summed E-state index contributed by atoms with van der Waals surface area (Å²) in [6.45, 7) is 2.91. The molecule has 1 aromatic rings. The lowest BCUT2D eigenvalue weighted by molar-refractivity contribution is -0.131. The highest BCUT2D eigenvalue weighted by Crippen LogP contribution is 2.30. The Bertz CT molecular complexity index is 515. The van der Waals surface area contributed by atoms with Crippen LogP contribution in [0.15, 0.2) is 35.9 Å². The number of rotatable bonds is 4. The first-order valence-corrected chi connectivity index (χ1v) is 5.70. The van der Waals surface area contributed by atoms with Gasteiger partial charge in [-0.2, -0.15) is 0 Å². The van der Waals surface area contributed by atoms with E-state index in [0.717, 1.165) is 28.7 Å². The van der Waals surface area contributed by atoms with Crippen LogP contribution < -0.4 is 9.47 Å². The summed E-state index contributed by atoms with van der Waals surface area (Å²) in [6.07, 6.45) is 4.55. The Kier molecular flexibility index (Phi) is 3.67. The molecule has 0 saturated carbocycles. The molecule has 0 bridgehead atoms. The van der Waals surface area contributed by atoms with Gasteiger partial charge in [0.25, 0.3) is 0 Å². The molecule has 1 heterocycles. The van der Waals surface area contributed by atoms with E-state index < -0.39 is 5.97 Å².